The predicted molar refractivity (Wildman–Crippen MR) is 110 cm³/mol. The molecule has 0 unspecified atom stereocenters. The van der Waals surface area contributed by atoms with Crippen molar-refractivity contribution in [3.8, 4) is 5.75 Å². The van der Waals surface area contributed by atoms with Crippen LogP contribution in [0.3, 0.4) is 0 Å². The van der Waals surface area contributed by atoms with E-state index in [1.807, 2.05) is 12.1 Å². The number of sulfonamides is 1. The van der Waals surface area contributed by atoms with Crippen LogP contribution in [0.4, 0.5) is 5.69 Å². The molecule has 0 spiro atoms. The summed E-state index contributed by atoms with van der Waals surface area (Å²) in [6, 6.07) is 21.8. The van der Waals surface area contributed by atoms with Gasteiger partial charge in [0.2, 0.25) is 0 Å². The van der Waals surface area contributed by atoms with E-state index in [1.54, 1.807) is 67.8 Å². The van der Waals surface area contributed by atoms with Crippen LogP contribution in [0.25, 0.3) is 6.08 Å². The Morgan fingerprint density at radius 3 is 2.32 bits per heavy atom. The van der Waals surface area contributed by atoms with E-state index in [2.05, 4.69) is 4.72 Å². The number of nitrogens with one attached hydrogen (secondary N) is 1. The third-order valence-electron chi connectivity index (χ3n) is 4.00. The van der Waals surface area contributed by atoms with Gasteiger partial charge < -0.3 is 4.74 Å². The predicted octanol–water partition coefficient (Wildman–Crippen LogP) is 4.39. The van der Waals surface area contributed by atoms with Gasteiger partial charge in [0.1, 0.15) is 5.75 Å². The lowest BCUT2D eigenvalue weighted by Gasteiger charge is -2.08. The van der Waals surface area contributed by atoms with E-state index in [4.69, 9.17) is 4.74 Å². The maximum Gasteiger partial charge on any atom is 0.261 e. The van der Waals surface area contributed by atoms with Crippen molar-refractivity contribution in [2.45, 2.75) is 4.90 Å². The fourth-order valence-corrected chi connectivity index (χ4v) is 3.62. The summed E-state index contributed by atoms with van der Waals surface area (Å²) in [5.74, 6) is 0.444. The quantitative estimate of drug-likeness (QED) is 0.477. The first kappa shape index (κ1) is 19.4. The Balaban J connectivity index is 1.78. The molecule has 0 bridgehead atoms. The number of hydrogen-bond donors (Lipinski definition) is 1. The first-order valence-corrected chi connectivity index (χ1v) is 10.0. The number of ketones is 1. The fourth-order valence-electron chi connectivity index (χ4n) is 2.52. The number of methoxy groups -OCH3 is 1. The molecule has 0 saturated carbocycles. The average Bonchev–Trinajstić information content (AvgIpc) is 2.73. The second-order valence-electron chi connectivity index (χ2n) is 5.97. The fraction of sp³-hybridized carbons (Fsp3) is 0.0455. The van der Waals surface area contributed by atoms with Gasteiger partial charge in [-0.25, -0.2) is 8.42 Å². The molecule has 0 aliphatic carbocycles. The molecule has 5 nitrogen and oxygen atoms in total. The van der Waals surface area contributed by atoms with Crippen molar-refractivity contribution < 1.29 is 17.9 Å². The molecule has 0 aromatic heterocycles. The minimum atomic E-state index is -3.78. The Morgan fingerprint density at radius 1 is 0.929 bits per heavy atom. The summed E-state index contributed by atoms with van der Waals surface area (Å²) in [6.45, 7) is 0. The minimum absolute atomic E-state index is 0.0278. The summed E-state index contributed by atoms with van der Waals surface area (Å²) in [4.78, 5) is 12.5. The lowest BCUT2D eigenvalue weighted by molar-refractivity contribution is 0.104. The van der Waals surface area contributed by atoms with E-state index in [0.29, 0.717) is 11.3 Å². The highest BCUT2D eigenvalue weighted by Gasteiger charge is 2.15. The summed E-state index contributed by atoms with van der Waals surface area (Å²) in [5, 5.41) is 0. The van der Waals surface area contributed by atoms with Crippen LogP contribution < -0.4 is 9.46 Å². The molecule has 28 heavy (non-hydrogen) atoms. The first-order chi connectivity index (χ1) is 13.5. The van der Waals surface area contributed by atoms with Gasteiger partial charge in [0.15, 0.2) is 5.78 Å². The zero-order valence-electron chi connectivity index (χ0n) is 15.2. The lowest BCUT2D eigenvalue weighted by Crippen LogP contribution is -2.13. The molecule has 1 N–H and O–H groups in total. The molecule has 0 atom stereocenters. The third-order valence-corrected chi connectivity index (χ3v) is 5.38. The van der Waals surface area contributed by atoms with Crippen molar-refractivity contribution in [2.75, 3.05) is 11.8 Å². The molecule has 3 aromatic rings. The number of anilines is 1. The highest BCUT2D eigenvalue weighted by atomic mass is 32.2. The molecule has 0 amide bonds. The van der Waals surface area contributed by atoms with E-state index in [9.17, 15) is 13.2 Å². The Hall–Kier alpha value is -3.38. The van der Waals surface area contributed by atoms with Gasteiger partial charge >= 0.3 is 0 Å². The topological polar surface area (TPSA) is 72.5 Å². The molecular weight excluding hydrogens is 374 g/mol. The van der Waals surface area contributed by atoms with Gasteiger partial charge in [-0.2, -0.15) is 0 Å². The lowest BCUT2D eigenvalue weighted by atomic mass is 10.1. The summed E-state index contributed by atoms with van der Waals surface area (Å²) in [5.41, 5.74) is 1.59. The Bertz CT molecular complexity index is 1090. The van der Waals surface area contributed by atoms with Crippen LogP contribution in [0.15, 0.2) is 89.8 Å². The van der Waals surface area contributed by atoms with Gasteiger partial charge in [0, 0.05) is 11.3 Å². The Labute approximate surface area is 164 Å². The molecule has 0 radical (unpaired) electrons. The second-order valence-corrected chi connectivity index (χ2v) is 7.65. The van der Waals surface area contributed by atoms with E-state index in [1.165, 1.54) is 18.2 Å². The van der Waals surface area contributed by atoms with Crippen molar-refractivity contribution in [3.05, 3.63) is 96.1 Å². The smallest absolute Gasteiger partial charge is 0.261 e. The average molecular weight is 393 g/mol. The van der Waals surface area contributed by atoms with Crippen molar-refractivity contribution in [1.29, 1.82) is 0 Å². The van der Waals surface area contributed by atoms with Gasteiger partial charge in [-0.1, -0.05) is 48.5 Å². The Kier molecular flexibility index (Phi) is 5.91. The van der Waals surface area contributed by atoms with Crippen LogP contribution in [0, 0.1) is 0 Å². The summed E-state index contributed by atoms with van der Waals surface area (Å²) >= 11 is 0. The van der Waals surface area contributed by atoms with E-state index >= 15 is 0 Å². The summed E-state index contributed by atoms with van der Waals surface area (Å²) < 4.78 is 32.7. The molecule has 3 rings (SSSR count). The highest BCUT2D eigenvalue weighted by molar-refractivity contribution is 7.92. The molecule has 3 aromatic carbocycles. The zero-order chi connectivity index (χ0) is 20.0. The molecule has 6 heteroatoms. The number of carbonyl (C=O) groups excluding carboxylic acids is 1. The van der Waals surface area contributed by atoms with E-state index in [-0.39, 0.29) is 10.7 Å². The normalized spacial score (nSPS) is 11.3. The van der Waals surface area contributed by atoms with Crippen LogP contribution in [-0.4, -0.2) is 21.3 Å². The molecule has 0 saturated heterocycles. The molecule has 142 valence electrons. The second kappa shape index (κ2) is 8.54. The van der Waals surface area contributed by atoms with Crippen molar-refractivity contribution >= 4 is 27.6 Å². The number of rotatable bonds is 7. The minimum Gasteiger partial charge on any atom is -0.497 e. The number of carbonyl (C=O) groups is 1. The van der Waals surface area contributed by atoms with Gasteiger partial charge in [0.05, 0.1) is 12.0 Å². The number of para-hydroxylation sites is 1. The van der Waals surface area contributed by atoms with Crippen LogP contribution in [0.1, 0.15) is 15.9 Å². The first-order valence-electron chi connectivity index (χ1n) is 8.52. The molecule has 0 aliphatic heterocycles. The number of benzene rings is 3. The SMILES string of the molecule is COc1ccc(/C=C/C(=O)c2cccc(S(=O)(=O)Nc3ccccc3)c2)cc1. The number of hydrogen-bond acceptors (Lipinski definition) is 4. The monoisotopic (exact) mass is 393 g/mol. The third kappa shape index (κ3) is 4.86. The zero-order valence-corrected chi connectivity index (χ0v) is 16.0. The van der Waals surface area contributed by atoms with Gasteiger partial charge in [0.25, 0.3) is 10.0 Å². The number of ether oxygens (including phenoxy) is 1. The maximum atomic E-state index is 12.6. The van der Waals surface area contributed by atoms with Gasteiger partial charge in [-0.15, -0.1) is 0 Å². The largest absolute Gasteiger partial charge is 0.497 e. The standard InChI is InChI=1S/C22H19NO4S/c1-27-20-13-10-17(11-14-20)12-15-22(24)18-6-5-9-21(16-18)28(25,26)23-19-7-3-2-4-8-19/h2-16,23H,1H3/b15-12+. The van der Waals surface area contributed by atoms with Gasteiger partial charge in [-0.05, 0) is 48.0 Å². The van der Waals surface area contributed by atoms with Crippen LogP contribution >= 0.6 is 0 Å². The van der Waals surface area contributed by atoms with Crippen LogP contribution in [0.5, 0.6) is 5.75 Å². The van der Waals surface area contributed by atoms with Crippen LogP contribution in [0.2, 0.25) is 0 Å². The molecule has 0 aliphatic rings. The van der Waals surface area contributed by atoms with Crippen molar-refractivity contribution in [3.63, 3.8) is 0 Å². The van der Waals surface area contributed by atoms with E-state index < -0.39 is 10.0 Å². The molecule has 0 fully saturated rings. The molecular formula is C22H19NO4S. The summed E-state index contributed by atoms with van der Waals surface area (Å²) in [7, 11) is -2.20. The highest BCUT2D eigenvalue weighted by Crippen LogP contribution is 2.18. The van der Waals surface area contributed by atoms with Gasteiger partial charge in [-0.3, -0.25) is 9.52 Å². The van der Waals surface area contributed by atoms with Crippen LogP contribution in [-0.2, 0) is 10.0 Å². The van der Waals surface area contributed by atoms with E-state index in [0.717, 1.165) is 11.3 Å². The maximum absolute atomic E-state index is 12.6. The summed E-state index contributed by atoms with van der Waals surface area (Å²) in [6.07, 6.45) is 3.09. The van der Waals surface area contributed by atoms with Crippen molar-refractivity contribution in [2.24, 2.45) is 0 Å². The van der Waals surface area contributed by atoms with Crippen molar-refractivity contribution in [1.82, 2.24) is 0 Å². The number of allylic oxidation sites excluding steroid dienone is 1. The molecule has 0 heterocycles. The Morgan fingerprint density at radius 2 is 1.64 bits per heavy atom.